The van der Waals surface area contributed by atoms with Gasteiger partial charge in [0.25, 0.3) is 0 Å². The van der Waals surface area contributed by atoms with E-state index in [-0.39, 0.29) is 18.9 Å². The van der Waals surface area contributed by atoms with Crippen molar-refractivity contribution in [3.05, 3.63) is 60.2 Å². The maximum Gasteiger partial charge on any atom is 0.334 e. The van der Waals surface area contributed by atoms with Crippen molar-refractivity contribution in [2.45, 2.75) is 32.4 Å². The lowest BCUT2D eigenvalue weighted by molar-refractivity contribution is -0.147. The molecule has 0 bridgehead atoms. The van der Waals surface area contributed by atoms with Crippen LogP contribution < -0.4 is 11.1 Å². The second kappa shape index (κ2) is 11.1. The number of rotatable bonds is 10. The largest absolute Gasteiger partial charge is 0.479 e. The zero-order valence-electron chi connectivity index (χ0n) is 17.7. The first-order valence-electron chi connectivity index (χ1n) is 10.1. The number of aliphatic hydroxyl groups excluding tert-OH is 1. The molecule has 0 radical (unpaired) electrons. The number of nitrogens with one attached hydrogen (secondary N) is 1. The van der Waals surface area contributed by atoms with Crippen molar-refractivity contribution < 1.29 is 24.6 Å². The minimum absolute atomic E-state index is 0.0318. The Morgan fingerprint density at radius 3 is 2.06 bits per heavy atom. The number of hydrogen-bond donors (Lipinski definition) is 4. The summed E-state index contributed by atoms with van der Waals surface area (Å²) in [4.78, 5) is 36.8. The maximum absolute atomic E-state index is 12.7. The van der Waals surface area contributed by atoms with Gasteiger partial charge in [-0.2, -0.15) is 0 Å². The zero-order valence-corrected chi connectivity index (χ0v) is 17.7. The Balaban J connectivity index is 2.09. The lowest BCUT2D eigenvalue weighted by Crippen LogP contribution is -2.53. The molecule has 0 aromatic heterocycles. The number of carbonyl (C=O) groups excluding carboxylic acids is 2. The summed E-state index contributed by atoms with van der Waals surface area (Å²) in [6.07, 6.45) is -1.53. The molecule has 31 heavy (non-hydrogen) atoms. The SMILES string of the molecule is CC(C)CN(CC(O)C(=O)O)C(=O)NC(Cc1ccc(-c2ccccc2)cc1)C(N)=O. The van der Waals surface area contributed by atoms with E-state index >= 15 is 0 Å². The molecule has 0 fully saturated rings. The van der Waals surface area contributed by atoms with Crippen molar-refractivity contribution in [1.29, 1.82) is 0 Å². The molecule has 3 amide bonds. The number of aliphatic carboxylic acids is 1. The van der Waals surface area contributed by atoms with Gasteiger partial charge in [-0.3, -0.25) is 4.79 Å². The van der Waals surface area contributed by atoms with E-state index in [1.807, 2.05) is 68.4 Å². The molecular formula is C23H29N3O5. The van der Waals surface area contributed by atoms with Crippen molar-refractivity contribution in [1.82, 2.24) is 10.2 Å². The summed E-state index contributed by atoms with van der Waals surface area (Å²) in [5, 5.41) is 21.1. The Hall–Kier alpha value is -3.39. The van der Waals surface area contributed by atoms with E-state index in [1.165, 1.54) is 4.90 Å². The molecule has 2 aromatic rings. The fraction of sp³-hybridized carbons (Fsp3) is 0.348. The third kappa shape index (κ3) is 7.42. The number of aliphatic hydroxyl groups is 1. The monoisotopic (exact) mass is 427 g/mol. The first-order chi connectivity index (χ1) is 14.7. The van der Waals surface area contributed by atoms with Gasteiger partial charge in [-0.25, -0.2) is 9.59 Å². The number of urea groups is 1. The van der Waals surface area contributed by atoms with Gasteiger partial charge in [0, 0.05) is 13.0 Å². The van der Waals surface area contributed by atoms with E-state index in [4.69, 9.17) is 10.8 Å². The van der Waals surface area contributed by atoms with Crippen LogP contribution in [0.25, 0.3) is 11.1 Å². The number of carboxylic acid groups (broad SMARTS) is 1. The Morgan fingerprint density at radius 2 is 1.55 bits per heavy atom. The fourth-order valence-corrected chi connectivity index (χ4v) is 3.13. The van der Waals surface area contributed by atoms with Gasteiger partial charge in [-0.15, -0.1) is 0 Å². The lowest BCUT2D eigenvalue weighted by Gasteiger charge is -2.28. The average molecular weight is 428 g/mol. The standard InChI is InChI=1S/C23H29N3O5/c1-15(2)13-26(14-20(27)22(29)30)23(31)25-19(21(24)28)12-16-8-10-18(11-9-16)17-6-4-3-5-7-17/h3-11,15,19-20,27H,12-14H2,1-2H3,(H2,24,28)(H,25,31)(H,29,30). The summed E-state index contributed by atoms with van der Waals surface area (Å²) in [6, 6.07) is 15.8. The number of hydrogen-bond acceptors (Lipinski definition) is 4. The molecule has 2 atom stereocenters. The van der Waals surface area contributed by atoms with Gasteiger partial charge in [-0.1, -0.05) is 68.4 Å². The van der Waals surface area contributed by atoms with E-state index in [0.29, 0.717) is 0 Å². The van der Waals surface area contributed by atoms with Gasteiger partial charge in [0.05, 0.1) is 6.54 Å². The molecular weight excluding hydrogens is 398 g/mol. The molecule has 166 valence electrons. The highest BCUT2D eigenvalue weighted by Crippen LogP contribution is 2.19. The molecule has 2 unspecified atom stereocenters. The van der Waals surface area contributed by atoms with Crippen molar-refractivity contribution in [3.63, 3.8) is 0 Å². The predicted octanol–water partition coefficient (Wildman–Crippen LogP) is 1.86. The number of amides is 3. The topological polar surface area (TPSA) is 133 Å². The number of nitrogens with zero attached hydrogens (tertiary/aromatic N) is 1. The van der Waals surface area contributed by atoms with Gasteiger partial charge in [0.15, 0.2) is 6.10 Å². The van der Waals surface area contributed by atoms with Crippen molar-refractivity contribution in [2.24, 2.45) is 11.7 Å². The smallest absolute Gasteiger partial charge is 0.334 e. The molecule has 8 nitrogen and oxygen atoms in total. The molecule has 0 spiro atoms. The average Bonchev–Trinajstić information content (AvgIpc) is 2.73. The summed E-state index contributed by atoms with van der Waals surface area (Å²) < 4.78 is 0. The van der Waals surface area contributed by atoms with Crippen LogP contribution in [0.2, 0.25) is 0 Å². The lowest BCUT2D eigenvalue weighted by atomic mass is 10.0. The highest BCUT2D eigenvalue weighted by molar-refractivity contribution is 5.86. The zero-order chi connectivity index (χ0) is 23.0. The van der Waals surface area contributed by atoms with Crippen LogP contribution in [0.1, 0.15) is 19.4 Å². The Bertz CT molecular complexity index is 884. The van der Waals surface area contributed by atoms with Crippen LogP contribution in [0.3, 0.4) is 0 Å². The van der Waals surface area contributed by atoms with Crippen LogP contribution in [-0.2, 0) is 16.0 Å². The van der Waals surface area contributed by atoms with E-state index in [2.05, 4.69) is 5.32 Å². The first-order valence-corrected chi connectivity index (χ1v) is 10.1. The van der Waals surface area contributed by atoms with Crippen molar-refractivity contribution in [3.8, 4) is 11.1 Å². The van der Waals surface area contributed by atoms with E-state index < -0.39 is 36.6 Å². The molecule has 2 rings (SSSR count). The molecule has 0 aliphatic heterocycles. The Labute approximate surface area is 181 Å². The van der Waals surface area contributed by atoms with Crippen LogP contribution in [-0.4, -0.2) is 58.3 Å². The van der Waals surface area contributed by atoms with Gasteiger partial charge < -0.3 is 26.2 Å². The number of carboxylic acids is 1. The predicted molar refractivity (Wildman–Crippen MR) is 117 cm³/mol. The van der Waals surface area contributed by atoms with E-state index in [1.54, 1.807) is 0 Å². The normalized spacial score (nSPS) is 12.8. The van der Waals surface area contributed by atoms with Gasteiger partial charge in [0.2, 0.25) is 5.91 Å². The molecule has 2 aromatic carbocycles. The van der Waals surface area contributed by atoms with Crippen LogP contribution in [0.5, 0.6) is 0 Å². The molecule has 0 heterocycles. The quantitative estimate of drug-likeness (QED) is 0.459. The number of benzene rings is 2. The molecule has 5 N–H and O–H groups in total. The minimum atomic E-state index is -1.72. The third-order valence-electron chi connectivity index (χ3n) is 4.69. The minimum Gasteiger partial charge on any atom is -0.479 e. The highest BCUT2D eigenvalue weighted by Gasteiger charge is 2.26. The molecule has 0 aliphatic carbocycles. The fourth-order valence-electron chi connectivity index (χ4n) is 3.13. The Kier molecular flexibility index (Phi) is 8.57. The highest BCUT2D eigenvalue weighted by atomic mass is 16.4. The number of primary amides is 1. The second-order valence-electron chi connectivity index (χ2n) is 7.82. The van der Waals surface area contributed by atoms with Crippen LogP contribution in [0, 0.1) is 5.92 Å². The molecule has 8 heteroatoms. The van der Waals surface area contributed by atoms with Gasteiger partial charge in [0.1, 0.15) is 6.04 Å². The van der Waals surface area contributed by atoms with Gasteiger partial charge >= 0.3 is 12.0 Å². The third-order valence-corrected chi connectivity index (χ3v) is 4.69. The molecule has 0 aliphatic rings. The second-order valence-corrected chi connectivity index (χ2v) is 7.82. The van der Waals surface area contributed by atoms with Crippen LogP contribution in [0.4, 0.5) is 4.79 Å². The van der Waals surface area contributed by atoms with Crippen molar-refractivity contribution in [2.75, 3.05) is 13.1 Å². The summed E-state index contributed by atoms with van der Waals surface area (Å²) in [5.41, 5.74) is 8.39. The van der Waals surface area contributed by atoms with Crippen LogP contribution in [0.15, 0.2) is 54.6 Å². The summed E-state index contributed by atoms with van der Waals surface area (Å²) in [5.74, 6) is -2.10. The van der Waals surface area contributed by atoms with Gasteiger partial charge in [-0.05, 0) is 22.6 Å². The summed E-state index contributed by atoms with van der Waals surface area (Å²) >= 11 is 0. The number of carbonyl (C=O) groups is 3. The molecule has 0 saturated carbocycles. The Morgan fingerprint density at radius 1 is 0.968 bits per heavy atom. The van der Waals surface area contributed by atoms with E-state index in [9.17, 15) is 19.5 Å². The van der Waals surface area contributed by atoms with Crippen LogP contribution >= 0.6 is 0 Å². The summed E-state index contributed by atoms with van der Waals surface area (Å²) in [7, 11) is 0. The van der Waals surface area contributed by atoms with E-state index in [0.717, 1.165) is 16.7 Å². The maximum atomic E-state index is 12.7. The summed E-state index contributed by atoms with van der Waals surface area (Å²) in [6.45, 7) is 3.53. The molecule has 0 saturated heterocycles. The first kappa shape index (κ1) is 23.9. The van der Waals surface area contributed by atoms with Crippen molar-refractivity contribution >= 4 is 17.9 Å². The number of nitrogens with two attached hydrogens (primary N) is 1.